The summed E-state index contributed by atoms with van der Waals surface area (Å²) in [7, 11) is 1.49. The summed E-state index contributed by atoms with van der Waals surface area (Å²) in [6, 6.07) is 10.1. The fourth-order valence-electron chi connectivity index (χ4n) is 4.48. The largest absolute Gasteiger partial charge is 0.481 e. The first-order valence-electron chi connectivity index (χ1n) is 12.0. The van der Waals surface area contributed by atoms with Gasteiger partial charge >= 0.3 is 12.0 Å². The molecule has 2 amide bonds. The molecule has 36 heavy (non-hydrogen) atoms. The Balaban J connectivity index is 1.94. The lowest BCUT2D eigenvalue weighted by Crippen LogP contribution is -2.46. The number of carbonyl (C=O) groups excluding carboxylic acids is 1. The number of halogens is 2. The van der Waals surface area contributed by atoms with Crippen LogP contribution in [0.1, 0.15) is 56.7 Å². The summed E-state index contributed by atoms with van der Waals surface area (Å²) < 4.78 is 36.0. The van der Waals surface area contributed by atoms with Crippen LogP contribution in [-0.2, 0) is 16.1 Å². The number of aromatic nitrogens is 1. The maximum absolute atomic E-state index is 13.7. The fourth-order valence-corrected chi connectivity index (χ4v) is 4.48. The number of para-hydroxylation sites is 1. The molecule has 1 aromatic heterocycles. The van der Waals surface area contributed by atoms with Crippen molar-refractivity contribution in [3.8, 4) is 5.88 Å². The van der Waals surface area contributed by atoms with Crippen molar-refractivity contribution in [2.75, 3.05) is 23.9 Å². The summed E-state index contributed by atoms with van der Waals surface area (Å²) in [6.45, 7) is 3.35. The summed E-state index contributed by atoms with van der Waals surface area (Å²) >= 11 is 0. The first-order chi connectivity index (χ1) is 17.2. The molecule has 0 spiro atoms. The number of methoxy groups -OCH3 is 1. The van der Waals surface area contributed by atoms with E-state index >= 15 is 0 Å². The highest BCUT2D eigenvalue weighted by molar-refractivity contribution is 6.03. The third kappa shape index (κ3) is 6.90. The van der Waals surface area contributed by atoms with Crippen molar-refractivity contribution in [1.82, 2.24) is 4.98 Å². The number of aliphatic carboxylic acids is 1. The Morgan fingerprint density at radius 1 is 1.14 bits per heavy atom. The average Bonchev–Trinajstić information content (AvgIpc) is 2.85. The van der Waals surface area contributed by atoms with Crippen molar-refractivity contribution >= 4 is 23.4 Å². The van der Waals surface area contributed by atoms with Crippen LogP contribution in [0.25, 0.3) is 0 Å². The molecule has 8 nitrogen and oxygen atoms in total. The van der Waals surface area contributed by atoms with Crippen LogP contribution in [0.5, 0.6) is 5.88 Å². The Morgan fingerprint density at radius 2 is 1.83 bits per heavy atom. The smallest absolute Gasteiger partial charge is 0.326 e. The van der Waals surface area contributed by atoms with Gasteiger partial charge in [-0.3, -0.25) is 9.69 Å². The number of carboxylic acid groups (broad SMARTS) is 1. The second kappa shape index (κ2) is 12.6. The monoisotopic (exact) mass is 505 g/mol. The molecule has 2 aromatic rings. The zero-order chi connectivity index (χ0) is 26.2. The predicted molar refractivity (Wildman–Crippen MR) is 132 cm³/mol. The fraction of sp³-hybridized carbons (Fsp3) is 0.500. The number of rotatable bonds is 10. The number of hydrogen-bond acceptors (Lipinski definition) is 5. The molecule has 2 N–H and O–H groups in total. The van der Waals surface area contributed by atoms with Gasteiger partial charge in [0.25, 0.3) is 6.43 Å². The second-order valence-corrected chi connectivity index (χ2v) is 9.15. The molecule has 196 valence electrons. The lowest BCUT2D eigenvalue weighted by Gasteiger charge is -2.37. The van der Waals surface area contributed by atoms with Crippen LogP contribution in [0.15, 0.2) is 36.4 Å². The van der Waals surface area contributed by atoms with E-state index in [0.717, 1.165) is 11.3 Å². The predicted octanol–water partition coefficient (Wildman–Crippen LogP) is 5.68. The molecular formula is C26H33F2N3O5. The van der Waals surface area contributed by atoms with Gasteiger partial charge in [-0.1, -0.05) is 32.0 Å². The zero-order valence-corrected chi connectivity index (χ0v) is 20.7. The summed E-state index contributed by atoms with van der Waals surface area (Å²) in [5.41, 5.74) is 2.32. The summed E-state index contributed by atoms with van der Waals surface area (Å²) in [6.07, 6.45) is -0.735. The summed E-state index contributed by atoms with van der Waals surface area (Å²) in [4.78, 5) is 31.1. The number of carbonyl (C=O) groups is 2. The molecule has 1 heterocycles. The molecule has 1 aliphatic rings. The Bertz CT molecular complexity index is 1040. The van der Waals surface area contributed by atoms with E-state index in [2.05, 4.69) is 10.3 Å². The van der Waals surface area contributed by atoms with Gasteiger partial charge in [-0.15, -0.1) is 0 Å². The van der Waals surface area contributed by atoms with Gasteiger partial charge in [-0.25, -0.2) is 18.6 Å². The van der Waals surface area contributed by atoms with Crippen molar-refractivity contribution in [3.05, 3.63) is 47.7 Å². The number of anilines is 2. The second-order valence-electron chi connectivity index (χ2n) is 9.15. The van der Waals surface area contributed by atoms with Gasteiger partial charge in [-0.05, 0) is 55.4 Å². The topological polar surface area (TPSA) is 101 Å². The van der Waals surface area contributed by atoms with Gasteiger partial charge in [0.1, 0.15) is 5.69 Å². The van der Waals surface area contributed by atoms with Gasteiger partial charge in [0.2, 0.25) is 5.88 Å². The summed E-state index contributed by atoms with van der Waals surface area (Å²) in [5.74, 6) is -1.25. The van der Waals surface area contributed by atoms with E-state index < -0.39 is 31.0 Å². The minimum atomic E-state index is -2.71. The van der Waals surface area contributed by atoms with Gasteiger partial charge < -0.3 is 19.9 Å². The number of benzene rings is 1. The first-order valence-corrected chi connectivity index (χ1v) is 12.0. The number of pyridine rings is 1. The number of nitrogens with one attached hydrogen (secondary N) is 1. The molecule has 0 bridgehead atoms. The number of nitrogens with zero attached hydrogens (tertiary/aromatic N) is 2. The van der Waals surface area contributed by atoms with Crippen LogP contribution < -0.4 is 15.0 Å². The van der Waals surface area contributed by atoms with Crippen molar-refractivity contribution in [2.24, 2.45) is 5.92 Å². The maximum atomic E-state index is 13.7. The van der Waals surface area contributed by atoms with Gasteiger partial charge in [0, 0.05) is 18.8 Å². The minimum absolute atomic E-state index is 0.120. The van der Waals surface area contributed by atoms with Crippen molar-refractivity contribution in [1.29, 1.82) is 0 Å². The van der Waals surface area contributed by atoms with E-state index in [-0.39, 0.29) is 30.1 Å². The molecule has 0 aliphatic heterocycles. The highest BCUT2D eigenvalue weighted by Crippen LogP contribution is 2.36. The SMILES string of the molecule is COCc1ccc(NC(=O)N(c2ccccc2C(C)C)C2CCC(C(=O)O)CC2)c(OCC(F)F)n1. The molecular weight excluding hydrogens is 472 g/mol. The van der Waals surface area contributed by atoms with Crippen LogP contribution in [0, 0.1) is 5.92 Å². The summed E-state index contributed by atoms with van der Waals surface area (Å²) in [5, 5.41) is 12.2. The molecule has 1 saturated carbocycles. The molecule has 1 fully saturated rings. The van der Waals surface area contributed by atoms with E-state index in [9.17, 15) is 23.5 Å². The number of urea groups is 1. The molecule has 0 saturated heterocycles. The van der Waals surface area contributed by atoms with Gasteiger partial charge in [-0.2, -0.15) is 0 Å². The lowest BCUT2D eigenvalue weighted by molar-refractivity contribution is -0.142. The number of carboxylic acids is 1. The number of alkyl halides is 2. The average molecular weight is 506 g/mol. The zero-order valence-electron chi connectivity index (χ0n) is 20.7. The van der Waals surface area contributed by atoms with Crippen LogP contribution in [0.3, 0.4) is 0 Å². The third-order valence-electron chi connectivity index (χ3n) is 6.25. The van der Waals surface area contributed by atoms with Crippen molar-refractivity contribution in [2.45, 2.75) is 64.5 Å². The molecule has 1 aromatic carbocycles. The van der Waals surface area contributed by atoms with Crippen LogP contribution in [0.2, 0.25) is 0 Å². The van der Waals surface area contributed by atoms with E-state index in [0.29, 0.717) is 31.4 Å². The first kappa shape index (κ1) is 27.3. The third-order valence-corrected chi connectivity index (χ3v) is 6.25. The van der Waals surface area contributed by atoms with E-state index in [1.807, 2.05) is 38.1 Å². The standard InChI is InChI=1S/C26H33F2N3O5/c1-16(2)20-6-4-5-7-22(20)31(19-11-8-17(9-12-19)25(32)33)26(34)30-21-13-10-18(14-35-3)29-24(21)36-15-23(27)28/h4-7,10,13,16-17,19,23H,8-9,11-12,14-15H2,1-3H3,(H,30,34)(H,32,33). The van der Waals surface area contributed by atoms with Crippen LogP contribution >= 0.6 is 0 Å². The Labute approximate surface area is 209 Å². The van der Waals surface area contributed by atoms with E-state index in [4.69, 9.17) is 9.47 Å². The molecule has 0 radical (unpaired) electrons. The molecule has 10 heteroatoms. The number of hydrogen-bond donors (Lipinski definition) is 2. The highest BCUT2D eigenvalue weighted by atomic mass is 19.3. The maximum Gasteiger partial charge on any atom is 0.326 e. The molecule has 0 unspecified atom stereocenters. The number of ether oxygens (including phenoxy) is 2. The quantitative estimate of drug-likeness (QED) is 0.431. The van der Waals surface area contributed by atoms with E-state index in [1.54, 1.807) is 17.0 Å². The van der Waals surface area contributed by atoms with Crippen molar-refractivity contribution in [3.63, 3.8) is 0 Å². The van der Waals surface area contributed by atoms with Crippen LogP contribution in [0.4, 0.5) is 25.0 Å². The van der Waals surface area contributed by atoms with Gasteiger partial charge in [0.05, 0.1) is 18.2 Å². The Morgan fingerprint density at radius 3 is 2.44 bits per heavy atom. The van der Waals surface area contributed by atoms with Crippen LogP contribution in [-0.4, -0.2) is 48.3 Å². The Kier molecular flexibility index (Phi) is 9.58. The molecule has 0 atom stereocenters. The minimum Gasteiger partial charge on any atom is -0.481 e. The molecule has 1 aliphatic carbocycles. The molecule has 3 rings (SSSR count). The normalized spacial score (nSPS) is 17.8. The number of amides is 2. The van der Waals surface area contributed by atoms with Gasteiger partial charge in [0.15, 0.2) is 6.61 Å². The van der Waals surface area contributed by atoms with E-state index in [1.165, 1.54) is 7.11 Å². The van der Waals surface area contributed by atoms with Crippen molar-refractivity contribution < 1.29 is 33.0 Å². The highest BCUT2D eigenvalue weighted by Gasteiger charge is 2.34. The lowest BCUT2D eigenvalue weighted by atomic mass is 9.85. The Hall–Kier alpha value is -3.27.